The molecule has 0 bridgehead atoms. The molecule has 0 aliphatic heterocycles. The van der Waals surface area contributed by atoms with Crippen LogP contribution < -0.4 is 0 Å². The lowest BCUT2D eigenvalue weighted by molar-refractivity contribution is 0.111. The molecule has 0 unspecified atom stereocenters. The Hall–Kier alpha value is -1.27. The van der Waals surface area contributed by atoms with E-state index < -0.39 is 8.07 Å². The van der Waals surface area contributed by atoms with Crippen LogP contribution in [-0.2, 0) is 6.42 Å². The van der Waals surface area contributed by atoms with Crippen LogP contribution >= 0.6 is 0 Å². The normalized spacial score (nSPS) is 10.8. The van der Waals surface area contributed by atoms with Gasteiger partial charge in [0.25, 0.3) is 0 Å². The van der Waals surface area contributed by atoms with Gasteiger partial charge in [-0.15, -0.1) is 5.54 Å². The molecule has 2 nitrogen and oxygen atoms in total. The first-order valence-electron chi connectivity index (χ1n) is 5.59. The number of H-pyrrole nitrogens is 1. The summed E-state index contributed by atoms with van der Waals surface area (Å²) >= 11 is 0. The number of hydrogen-bond donors (Lipinski definition) is 1. The zero-order valence-corrected chi connectivity index (χ0v) is 11.7. The van der Waals surface area contributed by atoms with Gasteiger partial charge in [0.15, 0.2) is 6.29 Å². The van der Waals surface area contributed by atoms with Crippen molar-refractivity contribution < 1.29 is 4.79 Å². The minimum absolute atomic E-state index is 0.680. The second-order valence-electron chi connectivity index (χ2n) is 4.99. The van der Waals surface area contributed by atoms with Gasteiger partial charge in [-0.1, -0.05) is 32.5 Å². The highest BCUT2D eigenvalue weighted by Crippen LogP contribution is 2.17. The van der Waals surface area contributed by atoms with E-state index in [2.05, 4.69) is 43.0 Å². The van der Waals surface area contributed by atoms with Crippen molar-refractivity contribution in [2.45, 2.75) is 39.9 Å². The summed E-state index contributed by atoms with van der Waals surface area (Å²) in [6.45, 7) is 10.7. The molecule has 0 radical (unpaired) electrons. The maximum atomic E-state index is 10.9. The topological polar surface area (TPSA) is 32.9 Å². The minimum Gasteiger partial charge on any atom is -0.345 e. The summed E-state index contributed by atoms with van der Waals surface area (Å²) in [6, 6.07) is 0. The number of rotatable bonds is 2. The highest BCUT2D eigenvalue weighted by atomic mass is 28.3. The minimum atomic E-state index is -1.36. The number of carbonyl (C=O) groups excluding carboxylic acids is 1. The highest BCUT2D eigenvalue weighted by Gasteiger charge is 2.12. The van der Waals surface area contributed by atoms with Crippen LogP contribution in [0.25, 0.3) is 0 Å². The van der Waals surface area contributed by atoms with Crippen molar-refractivity contribution in [1.29, 1.82) is 0 Å². The first kappa shape index (κ1) is 12.8. The van der Waals surface area contributed by atoms with Crippen LogP contribution in [0.2, 0.25) is 19.6 Å². The summed E-state index contributed by atoms with van der Waals surface area (Å²) < 4.78 is 0. The predicted molar refractivity (Wildman–Crippen MR) is 70.5 cm³/mol. The van der Waals surface area contributed by atoms with Crippen LogP contribution in [0.1, 0.15) is 34.2 Å². The fourth-order valence-electron chi connectivity index (χ4n) is 1.59. The fourth-order valence-corrected chi connectivity index (χ4v) is 2.09. The second kappa shape index (κ2) is 4.71. The maximum absolute atomic E-state index is 10.9. The molecule has 0 amide bonds. The van der Waals surface area contributed by atoms with Crippen molar-refractivity contribution in [3.8, 4) is 11.5 Å². The molecular formula is C13H19NOSi. The number of carbonyl (C=O) groups is 1. The van der Waals surface area contributed by atoms with Crippen molar-refractivity contribution in [3.63, 3.8) is 0 Å². The number of hydrogen-bond acceptors (Lipinski definition) is 1. The number of aromatic nitrogens is 1. The molecule has 1 aromatic heterocycles. The summed E-state index contributed by atoms with van der Waals surface area (Å²) in [5, 5.41) is 0. The number of nitrogens with one attached hydrogen (secondary N) is 1. The summed E-state index contributed by atoms with van der Waals surface area (Å²) in [4.78, 5) is 14.0. The molecule has 0 saturated carbocycles. The van der Waals surface area contributed by atoms with Gasteiger partial charge in [-0.05, 0) is 24.5 Å². The molecule has 1 N–H and O–H groups in total. The second-order valence-corrected chi connectivity index (χ2v) is 9.74. The predicted octanol–water partition coefficient (Wildman–Crippen LogP) is 2.93. The molecule has 0 aliphatic rings. The van der Waals surface area contributed by atoms with Crippen LogP contribution in [0.5, 0.6) is 0 Å². The van der Waals surface area contributed by atoms with E-state index in [0.717, 1.165) is 29.5 Å². The van der Waals surface area contributed by atoms with E-state index in [0.29, 0.717) is 5.69 Å². The van der Waals surface area contributed by atoms with Gasteiger partial charge in [0.2, 0.25) is 0 Å². The Morgan fingerprint density at radius 2 is 2.00 bits per heavy atom. The molecule has 1 heterocycles. The standard InChI is InChI=1S/C13H19NOSi/c1-6-11-10(2)12(14-13(11)9-15)7-8-16(3,4)5/h9,14H,6H2,1-5H3. The van der Waals surface area contributed by atoms with Crippen molar-refractivity contribution >= 4 is 14.4 Å². The first-order chi connectivity index (χ1) is 7.39. The van der Waals surface area contributed by atoms with Gasteiger partial charge < -0.3 is 4.98 Å². The van der Waals surface area contributed by atoms with Crippen LogP contribution in [0, 0.1) is 18.4 Å². The fraction of sp³-hybridized carbons (Fsp3) is 0.462. The van der Waals surface area contributed by atoms with Gasteiger partial charge >= 0.3 is 0 Å². The van der Waals surface area contributed by atoms with E-state index in [1.807, 2.05) is 6.92 Å². The van der Waals surface area contributed by atoms with Crippen molar-refractivity contribution in [1.82, 2.24) is 4.98 Å². The Bertz CT molecular complexity index is 455. The maximum Gasteiger partial charge on any atom is 0.166 e. The third-order valence-corrected chi connectivity index (χ3v) is 3.32. The SMILES string of the molecule is CCc1c(C=O)[nH]c(C#C[Si](C)(C)C)c1C. The molecular weight excluding hydrogens is 214 g/mol. The van der Waals surface area contributed by atoms with Gasteiger partial charge in [-0.2, -0.15) is 0 Å². The summed E-state index contributed by atoms with van der Waals surface area (Å²) in [7, 11) is -1.36. The monoisotopic (exact) mass is 233 g/mol. The van der Waals surface area contributed by atoms with E-state index in [4.69, 9.17) is 0 Å². The molecule has 0 atom stereocenters. The lowest BCUT2D eigenvalue weighted by Gasteiger charge is -2.03. The van der Waals surface area contributed by atoms with Crippen LogP contribution in [-0.4, -0.2) is 19.3 Å². The number of aromatic amines is 1. The average molecular weight is 233 g/mol. The molecule has 16 heavy (non-hydrogen) atoms. The molecule has 0 aromatic carbocycles. The lowest BCUT2D eigenvalue weighted by atomic mass is 10.1. The van der Waals surface area contributed by atoms with E-state index >= 15 is 0 Å². The molecule has 86 valence electrons. The largest absolute Gasteiger partial charge is 0.345 e. The molecule has 1 rings (SSSR count). The molecule has 0 fully saturated rings. The van der Waals surface area contributed by atoms with Gasteiger partial charge in [-0.25, -0.2) is 0 Å². The van der Waals surface area contributed by atoms with Crippen molar-refractivity contribution in [2.75, 3.05) is 0 Å². The molecule has 0 spiro atoms. The van der Waals surface area contributed by atoms with Gasteiger partial charge in [0, 0.05) is 0 Å². The van der Waals surface area contributed by atoms with E-state index in [-0.39, 0.29) is 0 Å². The Balaban J connectivity index is 3.20. The Kier molecular flexibility index (Phi) is 3.77. The van der Waals surface area contributed by atoms with Gasteiger partial charge in [0.05, 0.1) is 11.4 Å². The Labute approximate surface area is 98.5 Å². The van der Waals surface area contributed by atoms with Gasteiger partial charge in [0.1, 0.15) is 8.07 Å². The summed E-state index contributed by atoms with van der Waals surface area (Å²) in [6.07, 6.45) is 1.75. The Morgan fingerprint density at radius 1 is 1.38 bits per heavy atom. The van der Waals surface area contributed by atoms with Crippen LogP contribution in [0.15, 0.2) is 0 Å². The molecule has 1 aromatic rings. The van der Waals surface area contributed by atoms with Crippen molar-refractivity contribution in [2.24, 2.45) is 0 Å². The summed E-state index contributed by atoms with van der Waals surface area (Å²) in [5.74, 6) is 3.18. The number of aldehydes is 1. The highest BCUT2D eigenvalue weighted by molar-refractivity contribution is 6.83. The smallest absolute Gasteiger partial charge is 0.166 e. The van der Waals surface area contributed by atoms with E-state index in [1.54, 1.807) is 0 Å². The molecule has 3 heteroatoms. The van der Waals surface area contributed by atoms with E-state index in [9.17, 15) is 4.79 Å². The van der Waals surface area contributed by atoms with Gasteiger partial charge in [-0.3, -0.25) is 4.79 Å². The lowest BCUT2D eigenvalue weighted by Crippen LogP contribution is -2.16. The molecule has 0 saturated heterocycles. The van der Waals surface area contributed by atoms with Crippen LogP contribution in [0.4, 0.5) is 0 Å². The summed E-state index contributed by atoms with van der Waals surface area (Å²) in [5.41, 5.74) is 7.11. The third-order valence-electron chi connectivity index (χ3n) is 2.45. The third kappa shape index (κ3) is 2.86. The quantitative estimate of drug-likeness (QED) is 0.475. The Morgan fingerprint density at radius 3 is 2.38 bits per heavy atom. The van der Waals surface area contributed by atoms with Crippen LogP contribution in [0.3, 0.4) is 0 Å². The zero-order chi connectivity index (χ0) is 12.3. The first-order valence-corrected chi connectivity index (χ1v) is 9.09. The molecule has 0 aliphatic carbocycles. The zero-order valence-electron chi connectivity index (χ0n) is 10.7. The van der Waals surface area contributed by atoms with E-state index in [1.165, 1.54) is 0 Å². The van der Waals surface area contributed by atoms with Crippen molar-refractivity contribution in [3.05, 3.63) is 22.5 Å². The average Bonchev–Trinajstić information content (AvgIpc) is 2.50.